The highest BCUT2D eigenvalue weighted by molar-refractivity contribution is 5.92. The van der Waals surface area contributed by atoms with E-state index in [-0.39, 0.29) is 11.5 Å². The maximum Gasteiger partial charge on any atom is 0.360 e. The summed E-state index contributed by atoms with van der Waals surface area (Å²) < 4.78 is 6.31. The van der Waals surface area contributed by atoms with Crippen LogP contribution in [0.4, 0.5) is 5.82 Å². The lowest BCUT2D eigenvalue weighted by Crippen LogP contribution is -2.07. The van der Waals surface area contributed by atoms with E-state index in [2.05, 4.69) is 29.6 Å². The van der Waals surface area contributed by atoms with Gasteiger partial charge in [0.15, 0.2) is 5.69 Å². The van der Waals surface area contributed by atoms with Gasteiger partial charge in [0.1, 0.15) is 12.1 Å². The molecule has 0 unspecified atom stereocenters. The molecule has 2 N–H and O–H groups in total. The van der Waals surface area contributed by atoms with Crippen LogP contribution < -0.4 is 5.73 Å². The minimum Gasteiger partial charge on any atom is -0.464 e. The third-order valence-corrected chi connectivity index (χ3v) is 3.00. The van der Waals surface area contributed by atoms with Gasteiger partial charge in [0.25, 0.3) is 0 Å². The van der Waals surface area contributed by atoms with Crippen molar-refractivity contribution >= 4 is 11.8 Å². The van der Waals surface area contributed by atoms with Crippen LogP contribution in [0.5, 0.6) is 0 Å². The van der Waals surface area contributed by atoms with E-state index in [1.165, 1.54) is 19.0 Å². The van der Waals surface area contributed by atoms with Crippen molar-refractivity contribution in [2.75, 3.05) is 12.8 Å². The van der Waals surface area contributed by atoms with Crippen LogP contribution in [0.1, 0.15) is 35.8 Å². The van der Waals surface area contributed by atoms with Crippen LogP contribution in [0.3, 0.4) is 0 Å². The molecule has 0 radical (unpaired) electrons. The number of anilines is 1. The van der Waals surface area contributed by atoms with Crippen molar-refractivity contribution in [1.29, 1.82) is 0 Å². The van der Waals surface area contributed by atoms with Gasteiger partial charge in [-0.1, -0.05) is 26.0 Å². The SMILES string of the molecule is COC(=O)c1ncn(-c2cccc(C(C)C)c2)c1N. The van der Waals surface area contributed by atoms with Gasteiger partial charge in [-0.25, -0.2) is 9.78 Å². The third kappa shape index (κ3) is 2.45. The number of esters is 1. The number of imidazole rings is 1. The summed E-state index contributed by atoms with van der Waals surface area (Å²) in [4.78, 5) is 15.5. The predicted octanol–water partition coefficient (Wildman–Crippen LogP) is 2.36. The molecule has 0 fully saturated rings. The van der Waals surface area contributed by atoms with Gasteiger partial charge < -0.3 is 10.5 Å². The van der Waals surface area contributed by atoms with Gasteiger partial charge in [-0.15, -0.1) is 0 Å². The molecule has 2 aromatic rings. The first-order valence-corrected chi connectivity index (χ1v) is 6.06. The summed E-state index contributed by atoms with van der Waals surface area (Å²) in [6, 6.07) is 7.97. The van der Waals surface area contributed by atoms with E-state index in [0.717, 1.165) is 5.69 Å². The number of hydrogen-bond donors (Lipinski definition) is 1. The zero-order valence-electron chi connectivity index (χ0n) is 11.3. The Morgan fingerprint density at radius 2 is 2.16 bits per heavy atom. The van der Waals surface area contributed by atoms with Gasteiger partial charge in [0, 0.05) is 5.69 Å². The summed E-state index contributed by atoms with van der Waals surface area (Å²) in [6.07, 6.45) is 1.53. The number of aromatic nitrogens is 2. The zero-order chi connectivity index (χ0) is 14.0. The Hall–Kier alpha value is -2.30. The average molecular weight is 259 g/mol. The fraction of sp³-hybridized carbons (Fsp3) is 0.286. The number of nitrogens with two attached hydrogens (primary N) is 1. The molecular weight excluding hydrogens is 242 g/mol. The normalized spacial score (nSPS) is 10.7. The van der Waals surface area contributed by atoms with Crippen molar-refractivity contribution in [1.82, 2.24) is 9.55 Å². The van der Waals surface area contributed by atoms with Crippen LogP contribution in [0, 0.1) is 0 Å². The second-order valence-electron chi connectivity index (χ2n) is 4.59. The predicted molar refractivity (Wildman–Crippen MR) is 73.4 cm³/mol. The summed E-state index contributed by atoms with van der Waals surface area (Å²) in [6.45, 7) is 4.24. The summed E-state index contributed by atoms with van der Waals surface area (Å²) in [5, 5.41) is 0. The van der Waals surface area contributed by atoms with Gasteiger partial charge in [-0.2, -0.15) is 0 Å². The summed E-state index contributed by atoms with van der Waals surface area (Å²) in [7, 11) is 1.31. The van der Waals surface area contributed by atoms with E-state index in [4.69, 9.17) is 5.73 Å². The highest BCUT2D eigenvalue weighted by Gasteiger charge is 2.17. The van der Waals surface area contributed by atoms with Crippen molar-refractivity contribution in [3.8, 4) is 5.69 Å². The molecule has 5 heteroatoms. The van der Waals surface area contributed by atoms with Crippen molar-refractivity contribution in [2.45, 2.75) is 19.8 Å². The summed E-state index contributed by atoms with van der Waals surface area (Å²) in [5.74, 6) is 0.175. The molecule has 0 saturated heterocycles. The first-order valence-electron chi connectivity index (χ1n) is 6.06. The third-order valence-electron chi connectivity index (χ3n) is 3.00. The monoisotopic (exact) mass is 259 g/mol. The number of nitrogen functional groups attached to an aromatic ring is 1. The van der Waals surface area contributed by atoms with Crippen LogP contribution in [-0.4, -0.2) is 22.6 Å². The van der Waals surface area contributed by atoms with Crippen LogP contribution in [-0.2, 0) is 4.74 Å². The summed E-state index contributed by atoms with van der Waals surface area (Å²) in [5.41, 5.74) is 8.15. The minimum absolute atomic E-state index is 0.137. The first kappa shape index (κ1) is 13.1. The molecule has 0 amide bonds. The lowest BCUT2D eigenvalue weighted by atomic mass is 10.0. The van der Waals surface area contributed by atoms with E-state index in [9.17, 15) is 4.79 Å². The Kier molecular flexibility index (Phi) is 3.55. The Bertz CT molecular complexity index is 602. The molecule has 0 saturated carbocycles. The number of ether oxygens (including phenoxy) is 1. The largest absolute Gasteiger partial charge is 0.464 e. The van der Waals surface area contributed by atoms with E-state index in [0.29, 0.717) is 5.92 Å². The van der Waals surface area contributed by atoms with Crippen molar-refractivity contribution < 1.29 is 9.53 Å². The average Bonchev–Trinajstić information content (AvgIpc) is 2.80. The maximum absolute atomic E-state index is 11.5. The molecule has 1 heterocycles. The maximum atomic E-state index is 11.5. The van der Waals surface area contributed by atoms with Gasteiger partial charge >= 0.3 is 5.97 Å². The molecule has 0 atom stereocenters. The fourth-order valence-corrected chi connectivity index (χ4v) is 1.85. The number of carbonyl (C=O) groups is 1. The molecular formula is C14H17N3O2. The molecule has 1 aromatic carbocycles. The summed E-state index contributed by atoms with van der Waals surface area (Å²) >= 11 is 0. The Morgan fingerprint density at radius 1 is 1.42 bits per heavy atom. The van der Waals surface area contributed by atoms with Crippen LogP contribution in [0.2, 0.25) is 0 Å². The topological polar surface area (TPSA) is 70.1 Å². The highest BCUT2D eigenvalue weighted by Crippen LogP contribution is 2.21. The lowest BCUT2D eigenvalue weighted by molar-refractivity contribution is 0.0596. The number of rotatable bonds is 3. The van der Waals surface area contributed by atoms with Gasteiger partial charge in [0.2, 0.25) is 0 Å². The molecule has 0 aliphatic heterocycles. The van der Waals surface area contributed by atoms with E-state index < -0.39 is 5.97 Å². The Morgan fingerprint density at radius 3 is 2.79 bits per heavy atom. The number of carbonyl (C=O) groups excluding carboxylic acids is 1. The van der Waals surface area contributed by atoms with E-state index in [1.54, 1.807) is 4.57 Å². The molecule has 19 heavy (non-hydrogen) atoms. The van der Waals surface area contributed by atoms with Crippen LogP contribution in [0.15, 0.2) is 30.6 Å². The van der Waals surface area contributed by atoms with Crippen LogP contribution >= 0.6 is 0 Å². The molecule has 1 aromatic heterocycles. The molecule has 0 aliphatic carbocycles. The van der Waals surface area contributed by atoms with Gasteiger partial charge in [0.05, 0.1) is 7.11 Å². The molecule has 0 aliphatic rings. The first-order chi connectivity index (χ1) is 9.04. The zero-order valence-corrected chi connectivity index (χ0v) is 11.3. The molecule has 0 bridgehead atoms. The highest BCUT2D eigenvalue weighted by atomic mass is 16.5. The lowest BCUT2D eigenvalue weighted by Gasteiger charge is -2.10. The second kappa shape index (κ2) is 5.14. The number of methoxy groups -OCH3 is 1. The van der Waals surface area contributed by atoms with Crippen molar-refractivity contribution in [2.24, 2.45) is 0 Å². The second-order valence-corrected chi connectivity index (χ2v) is 4.59. The fourth-order valence-electron chi connectivity index (χ4n) is 1.85. The molecule has 2 rings (SSSR count). The molecule has 0 spiro atoms. The number of nitrogens with zero attached hydrogens (tertiary/aromatic N) is 2. The van der Waals surface area contributed by atoms with E-state index >= 15 is 0 Å². The van der Waals surface area contributed by atoms with E-state index in [1.807, 2.05) is 18.2 Å². The Labute approximate surface area is 112 Å². The minimum atomic E-state index is -0.531. The van der Waals surface area contributed by atoms with Crippen molar-refractivity contribution in [3.63, 3.8) is 0 Å². The Balaban J connectivity index is 2.45. The molecule has 100 valence electrons. The van der Waals surface area contributed by atoms with Crippen molar-refractivity contribution in [3.05, 3.63) is 41.9 Å². The number of hydrogen-bond acceptors (Lipinski definition) is 4. The standard InChI is InChI=1S/C14H17N3O2/c1-9(2)10-5-4-6-11(7-10)17-8-16-12(13(17)15)14(18)19-3/h4-9H,15H2,1-3H3. The van der Waals surface area contributed by atoms with Crippen LogP contribution in [0.25, 0.3) is 5.69 Å². The van der Waals surface area contributed by atoms with Gasteiger partial charge in [-0.3, -0.25) is 4.57 Å². The molecule has 5 nitrogen and oxygen atoms in total. The smallest absolute Gasteiger partial charge is 0.360 e. The quantitative estimate of drug-likeness (QED) is 0.859. The number of benzene rings is 1. The van der Waals surface area contributed by atoms with Gasteiger partial charge in [-0.05, 0) is 23.6 Å².